The summed E-state index contributed by atoms with van der Waals surface area (Å²) in [5, 5.41) is 3.44. The van der Waals surface area contributed by atoms with Gasteiger partial charge in [0.1, 0.15) is 0 Å². The Bertz CT molecular complexity index is 285. The van der Waals surface area contributed by atoms with Crippen molar-refractivity contribution < 1.29 is 4.74 Å². The molecule has 1 aliphatic rings. The number of thioether (sulfide) groups is 1. The Hall–Kier alpha value is -0.220. The molecule has 15 heavy (non-hydrogen) atoms. The average molecular weight is 246 g/mol. The summed E-state index contributed by atoms with van der Waals surface area (Å²) in [5.41, 5.74) is 1.32. The van der Waals surface area contributed by atoms with E-state index in [1.807, 2.05) is 0 Å². The predicted molar refractivity (Wildman–Crippen MR) is 67.0 cm³/mol. The highest BCUT2D eigenvalue weighted by Gasteiger charge is 2.14. The Kier molecular flexibility index (Phi) is 5.47. The van der Waals surface area contributed by atoms with E-state index in [4.69, 9.17) is 4.74 Å². The van der Waals surface area contributed by atoms with Crippen molar-refractivity contribution in [2.75, 3.05) is 26.0 Å². The number of hydrogen-bond donors (Lipinski definition) is 1. The molecule has 2 nitrogen and oxygen atoms in total. The first-order valence-electron chi connectivity index (χ1n) is 4.85. The number of hydrogen-bond acceptors (Lipinski definition) is 3. The lowest BCUT2D eigenvalue weighted by Gasteiger charge is -2.24. The van der Waals surface area contributed by atoms with Crippen molar-refractivity contribution in [1.82, 2.24) is 5.32 Å². The molecule has 1 saturated heterocycles. The van der Waals surface area contributed by atoms with E-state index >= 15 is 0 Å². The zero-order valence-corrected chi connectivity index (χ0v) is 10.4. The van der Waals surface area contributed by atoms with Gasteiger partial charge in [-0.1, -0.05) is 12.1 Å². The first-order chi connectivity index (χ1) is 6.90. The van der Waals surface area contributed by atoms with Gasteiger partial charge >= 0.3 is 0 Å². The van der Waals surface area contributed by atoms with Gasteiger partial charge in [0.2, 0.25) is 0 Å². The molecule has 0 aliphatic carbocycles. The molecule has 0 spiro atoms. The van der Waals surface area contributed by atoms with Gasteiger partial charge in [-0.15, -0.1) is 24.2 Å². The van der Waals surface area contributed by atoms with Crippen molar-refractivity contribution in [2.24, 2.45) is 0 Å². The van der Waals surface area contributed by atoms with E-state index in [2.05, 4.69) is 35.8 Å². The van der Waals surface area contributed by atoms with Crippen LogP contribution in [0, 0.1) is 0 Å². The van der Waals surface area contributed by atoms with Crippen LogP contribution >= 0.6 is 24.2 Å². The third-order valence-electron chi connectivity index (χ3n) is 2.44. The van der Waals surface area contributed by atoms with Crippen LogP contribution in [-0.2, 0) is 4.74 Å². The molecular formula is C11H16ClNOS. The van der Waals surface area contributed by atoms with E-state index in [1.54, 1.807) is 11.8 Å². The standard InChI is InChI=1S/C11H15NOS.ClH/c1-14-10-4-2-9(3-5-10)11-8-13-7-6-12-11;/h2-5,11-12H,6-8H2,1H3;1H/t11-;/m1./s1. The zero-order valence-electron chi connectivity index (χ0n) is 8.73. The van der Waals surface area contributed by atoms with Gasteiger partial charge in [0, 0.05) is 11.4 Å². The Morgan fingerprint density at radius 2 is 2.07 bits per heavy atom. The van der Waals surface area contributed by atoms with E-state index in [0.717, 1.165) is 19.8 Å². The molecule has 0 unspecified atom stereocenters. The van der Waals surface area contributed by atoms with Gasteiger partial charge in [0.05, 0.1) is 19.3 Å². The maximum absolute atomic E-state index is 5.43. The van der Waals surface area contributed by atoms with Crippen molar-refractivity contribution >= 4 is 24.2 Å². The van der Waals surface area contributed by atoms with Gasteiger partial charge in [-0.25, -0.2) is 0 Å². The highest BCUT2D eigenvalue weighted by atomic mass is 35.5. The van der Waals surface area contributed by atoms with Crippen LogP contribution in [0.4, 0.5) is 0 Å². The lowest BCUT2D eigenvalue weighted by Crippen LogP contribution is -2.34. The number of benzene rings is 1. The normalized spacial score (nSPS) is 20.7. The minimum atomic E-state index is 0. The molecule has 1 aliphatic heterocycles. The van der Waals surface area contributed by atoms with Crippen LogP contribution in [0.15, 0.2) is 29.2 Å². The minimum Gasteiger partial charge on any atom is -0.378 e. The first-order valence-corrected chi connectivity index (χ1v) is 6.07. The molecule has 0 amide bonds. The second kappa shape index (κ2) is 6.38. The van der Waals surface area contributed by atoms with Crippen LogP contribution in [0.1, 0.15) is 11.6 Å². The lowest BCUT2D eigenvalue weighted by molar-refractivity contribution is 0.0769. The Morgan fingerprint density at radius 3 is 2.60 bits per heavy atom. The molecule has 1 aromatic carbocycles. The zero-order chi connectivity index (χ0) is 9.80. The fourth-order valence-electron chi connectivity index (χ4n) is 1.62. The SMILES string of the molecule is CSc1ccc([C@H]2COCCN2)cc1.Cl. The second-order valence-electron chi connectivity index (χ2n) is 3.35. The van der Waals surface area contributed by atoms with Crippen molar-refractivity contribution in [1.29, 1.82) is 0 Å². The highest BCUT2D eigenvalue weighted by molar-refractivity contribution is 7.98. The summed E-state index contributed by atoms with van der Waals surface area (Å²) >= 11 is 1.77. The fraction of sp³-hybridized carbons (Fsp3) is 0.455. The Labute approximate surface area is 101 Å². The van der Waals surface area contributed by atoms with E-state index in [9.17, 15) is 0 Å². The van der Waals surface area contributed by atoms with Gasteiger partial charge in [0.15, 0.2) is 0 Å². The number of nitrogens with one attached hydrogen (secondary N) is 1. The molecule has 84 valence electrons. The summed E-state index contributed by atoms with van der Waals surface area (Å²) in [5.74, 6) is 0. The third-order valence-corrected chi connectivity index (χ3v) is 3.18. The quantitative estimate of drug-likeness (QED) is 0.809. The van der Waals surface area contributed by atoms with Crippen molar-refractivity contribution in [2.45, 2.75) is 10.9 Å². The lowest BCUT2D eigenvalue weighted by atomic mass is 10.1. The summed E-state index contributed by atoms with van der Waals surface area (Å²) in [6, 6.07) is 9.06. The molecule has 1 fully saturated rings. The smallest absolute Gasteiger partial charge is 0.0662 e. The van der Waals surface area contributed by atoms with E-state index < -0.39 is 0 Å². The molecule has 0 bridgehead atoms. The van der Waals surface area contributed by atoms with E-state index in [-0.39, 0.29) is 12.4 Å². The molecule has 0 aromatic heterocycles. The minimum absolute atomic E-state index is 0. The first kappa shape index (κ1) is 12.8. The average Bonchev–Trinajstić information content (AvgIpc) is 2.30. The van der Waals surface area contributed by atoms with Crippen LogP contribution in [0.25, 0.3) is 0 Å². The summed E-state index contributed by atoms with van der Waals surface area (Å²) in [7, 11) is 0. The summed E-state index contributed by atoms with van der Waals surface area (Å²) in [6.45, 7) is 2.58. The van der Waals surface area contributed by atoms with Gasteiger partial charge in [-0.2, -0.15) is 0 Å². The van der Waals surface area contributed by atoms with E-state index in [1.165, 1.54) is 10.5 Å². The number of morpholine rings is 1. The fourth-order valence-corrected chi connectivity index (χ4v) is 2.02. The third kappa shape index (κ3) is 3.38. The van der Waals surface area contributed by atoms with Crippen LogP contribution in [0.2, 0.25) is 0 Å². The maximum Gasteiger partial charge on any atom is 0.0662 e. The monoisotopic (exact) mass is 245 g/mol. The number of ether oxygens (including phenoxy) is 1. The van der Waals surface area contributed by atoms with Gasteiger partial charge in [0.25, 0.3) is 0 Å². The number of rotatable bonds is 2. The molecule has 0 saturated carbocycles. The van der Waals surface area contributed by atoms with Crippen LogP contribution < -0.4 is 5.32 Å². The van der Waals surface area contributed by atoms with Crippen LogP contribution in [-0.4, -0.2) is 26.0 Å². The van der Waals surface area contributed by atoms with E-state index in [0.29, 0.717) is 6.04 Å². The summed E-state index contributed by atoms with van der Waals surface area (Å²) < 4.78 is 5.43. The van der Waals surface area contributed by atoms with Crippen LogP contribution in [0.5, 0.6) is 0 Å². The van der Waals surface area contributed by atoms with Gasteiger partial charge < -0.3 is 10.1 Å². The molecule has 1 aromatic rings. The number of halogens is 1. The van der Waals surface area contributed by atoms with Crippen molar-refractivity contribution in [3.8, 4) is 0 Å². The largest absolute Gasteiger partial charge is 0.378 e. The Morgan fingerprint density at radius 1 is 1.33 bits per heavy atom. The molecule has 1 N–H and O–H groups in total. The Balaban J connectivity index is 0.00000112. The molecule has 1 atom stereocenters. The van der Waals surface area contributed by atoms with Crippen molar-refractivity contribution in [3.63, 3.8) is 0 Å². The summed E-state index contributed by atoms with van der Waals surface area (Å²) in [6.07, 6.45) is 2.09. The topological polar surface area (TPSA) is 21.3 Å². The van der Waals surface area contributed by atoms with Crippen LogP contribution in [0.3, 0.4) is 0 Å². The molecule has 1 heterocycles. The molecular weight excluding hydrogens is 230 g/mol. The highest BCUT2D eigenvalue weighted by Crippen LogP contribution is 2.20. The van der Waals surface area contributed by atoms with Gasteiger partial charge in [-0.3, -0.25) is 0 Å². The maximum atomic E-state index is 5.43. The second-order valence-corrected chi connectivity index (χ2v) is 4.23. The summed E-state index contributed by atoms with van der Waals surface area (Å²) in [4.78, 5) is 1.31. The predicted octanol–water partition coefficient (Wildman–Crippen LogP) is 2.49. The molecule has 2 rings (SSSR count). The molecule has 0 radical (unpaired) electrons. The van der Waals surface area contributed by atoms with Gasteiger partial charge in [-0.05, 0) is 24.0 Å². The van der Waals surface area contributed by atoms with Crippen molar-refractivity contribution in [3.05, 3.63) is 29.8 Å². The molecule has 4 heteroatoms.